The Labute approximate surface area is 98.9 Å². The molecule has 1 unspecified atom stereocenters. The lowest BCUT2D eigenvalue weighted by Crippen LogP contribution is -2.37. The summed E-state index contributed by atoms with van der Waals surface area (Å²) in [6.07, 6.45) is 1.64. The predicted octanol–water partition coefficient (Wildman–Crippen LogP) is 0.695. The van der Waals surface area contributed by atoms with Crippen LogP contribution in [0.5, 0.6) is 11.5 Å². The second kappa shape index (κ2) is 4.63. The zero-order chi connectivity index (χ0) is 12.4. The lowest BCUT2D eigenvalue weighted by Gasteiger charge is -2.23. The molecule has 0 aromatic heterocycles. The Morgan fingerprint density at radius 1 is 1.41 bits per heavy atom. The zero-order valence-electron chi connectivity index (χ0n) is 9.33. The quantitative estimate of drug-likeness (QED) is 0.707. The summed E-state index contributed by atoms with van der Waals surface area (Å²) < 4.78 is 0. The van der Waals surface area contributed by atoms with Crippen molar-refractivity contribution in [3.8, 4) is 11.5 Å². The average molecular weight is 237 g/mol. The van der Waals surface area contributed by atoms with Crippen LogP contribution >= 0.6 is 0 Å². The maximum absolute atomic E-state index is 12.1. The van der Waals surface area contributed by atoms with E-state index in [0.717, 1.165) is 18.9 Å². The Morgan fingerprint density at radius 2 is 2.18 bits per heavy atom. The van der Waals surface area contributed by atoms with E-state index in [1.54, 1.807) is 4.90 Å². The summed E-state index contributed by atoms with van der Waals surface area (Å²) in [5.74, 6) is -0.628. The molecule has 0 aliphatic carbocycles. The fraction of sp³-hybridized carbons (Fsp3) is 0.417. The van der Waals surface area contributed by atoms with Crippen LogP contribution < -0.4 is 0 Å². The van der Waals surface area contributed by atoms with Crippen LogP contribution in [0, 0.1) is 0 Å². The number of likely N-dealkylation sites (tertiary alicyclic amines) is 1. The van der Waals surface area contributed by atoms with Crippen molar-refractivity contribution >= 4 is 5.91 Å². The first-order valence-corrected chi connectivity index (χ1v) is 5.57. The van der Waals surface area contributed by atoms with Crippen molar-refractivity contribution in [2.45, 2.75) is 18.9 Å². The molecule has 1 aromatic rings. The number of aliphatic hydroxyl groups is 1. The SMILES string of the molecule is O=C(c1ccc(O)cc1O)N1CCCC1CO. The van der Waals surface area contributed by atoms with Gasteiger partial charge in [-0.2, -0.15) is 0 Å². The maximum Gasteiger partial charge on any atom is 0.257 e. The van der Waals surface area contributed by atoms with Crippen molar-refractivity contribution in [3.63, 3.8) is 0 Å². The van der Waals surface area contributed by atoms with E-state index in [9.17, 15) is 9.90 Å². The van der Waals surface area contributed by atoms with E-state index in [0.29, 0.717) is 6.54 Å². The van der Waals surface area contributed by atoms with Gasteiger partial charge in [0.2, 0.25) is 0 Å². The molecule has 0 spiro atoms. The van der Waals surface area contributed by atoms with Gasteiger partial charge in [0.25, 0.3) is 5.91 Å². The summed E-state index contributed by atoms with van der Waals surface area (Å²) in [6, 6.07) is 3.71. The second-order valence-corrected chi connectivity index (χ2v) is 4.18. The molecule has 2 rings (SSSR count). The monoisotopic (exact) mass is 237 g/mol. The molecule has 1 aliphatic rings. The molecule has 0 saturated carbocycles. The van der Waals surface area contributed by atoms with Crippen LogP contribution in [-0.4, -0.2) is 45.3 Å². The number of amides is 1. The number of carbonyl (C=O) groups excluding carboxylic acids is 1. The van der Waals surface area contributed by atoms with E-state index in [2.05, 4.69) is 0 Å². The van der Waals surface area contributed by atoms with Gasteiger partial charge < -0.3 is 20.2 Å². The first-order valence-electron chi connectivity index (χ1n) is 5.57. The van der Waals surface area contributed by atoms with Crippen molar-refractivity contribution in [1.82, 2.24) is 4.90 Å². The third kappa shape index (κ3) is 2.19. The van der Waals surface area contributed by atoms with Gasteiger partial charge in [-0.05, 0) is 25.0 Å². The van der Waals surface area contributed by atoms with Crippen molar-refractivity contribution in [3.05, 3.63) is 23.8 Å². The highest BCUT2D eigenvalue weighted by Crippen LogP contribution is 2.27. The van der Waals surface area contributed by atoms with E-state index >= 15 is 0 Å². The van der Waals surface area contributed by atoms with Gasteiger partial charge in [-0.1, -0.05) is 0 Å². The first-order chi connectivity index (χ1) is 8.13. The molecule has 1 amide bonds. The Morgan fingerprint density at radius 3 is 2.82 bits per heavy atom. The fourth-order valence-electron chi connectivity index (χ4n) is 2.15. The largest absolute Gasteiger partial charge is 0.508 e. The Balaban J connectivity index is 2.24. The van der Waals surface area contributed by atoms with Crippen molar-refractivity contribution < 1.29 is 20.1 Å². The highest BCUT2D eigenvalue weighted by atomic mass is 16.3. The summed E-state index contributed by atoms with van der Waals surface area (Å²) in [5.41, 5.74) is 0.156. The summed E-state index contributed by atoms with van der Waals surface area (Å²) >= 11 is 0. The van der Waals surface area contributed by atoms with Gasteiger partial charge in [-0.3, -0.25) is 4.79 Å². The van der Waals surface area contributed by atoms with Gasteiger partial charge in [0, 0.05) is 12.6 Å². The minimum absolute atomic E-state index is 0.0649. The number of aromatic hydroxyl groups is 2. The lowest BCUT2D eigenvalue weighted by molar-refractivity contribution is 0.0674. The van der Waals surface area contributed by atoms with Crippen molar-refractivity contribution in [2.75, 3.05) is 13.2 Å². The number of hydrogen-bond donors (Lipinski definition) is 3. The van der Waals surface area contributed by atoms with Gasteiger partial charge in [0.1, 0.15) is 11.5 Å². The van der Waals surface area contributed by atoms with Gasteiger partial charge in [-0.15, -0.1) is 0 Å². The molecule has 1 heterocycles. The standard InChI is InChI=1S/C12H15NO4/c14-7-8-2-1-5-13(8)12(17)10-4-3-9(15)6-11(10)16/h3-4,6,8,14-16H,1-2,5,7H2. The molecule has 1 fully saturated rings. The molecule has 0 bridgehead atoms. The van der Waals surface area contributed by atoms with Gasteiger partial charge in [-0.25, -0.2) is 0 Å². The first kappa shape index (κ1) is 11.7. The van der Waals surface area contributed by atoms with Crippen LogP contribution in [0.1, 0.15) is 23.2 Å². The van der Waals surface area contributed by atoms with Crippen LogP contribution in [0.25, 0.3) is 0 Å². The maximum atomic E-state index is 12.1. The molecule has 1 aliphatic heterocycles. The van der Waals surface area contributed by atoms with Crippen LogP contribution in [0.3, 0.4) is 0 Å². The summed E-state index contributed by atoms with van der Waals surface area (Å²) in [7, 11) is 0. The van der Waals surface area contributed by atoms with Crippen LogP contribution in [0.4, 0.5) is 0 Å². The summed E-state index contributed by atoms with van der Waals surface area (Å²) in [5, 5.41) is 27.9. The number of aliphatic hydroxyl groups excluding tert-OH is 1. The third-order valence-corrected chi connectivity index (χ3v) is 3.06. The average Bonchev–Trinajstić information content (AvgIpc) is 2.76. The Hall–Kier alpha value is -1.75. The fourth-order valence-corrected chi connectivity index (χ4v) is 2.15. The van der Waals surface area contributed by atoms with E-state index in [-0.39, 0.29) is 35.6 Å². The van der Waals surface area contributed by atoms with Gasteiger partial charge in [0.15, 0.2) is 0 Å². The molecular formula is C12H15NO4. The van der Waals surface area contributed by atoms with E-state index in [4.69, 9.17) is 10.2 Å². The number of hydrogen-bond acceptors (Lipinski definition) is 4. The normalized spacial score (nSPS) is 19.6. The molecule has 92 valence electrons. The Bertz CT molecular complexity index is 433. The minimum Gasteiger partial charge on any atom is -0.508 e. The number of phenolic OH excluding ortho intramolecular Hbond substituents is 2. The van der Waals surface area contributed by atoms with Crippen LogP contribution in [-0.2, 0) is 0 Å². The van der Waals surface area contributed by atoms with Crippen molar-refractivity contribution in [2.24, 2.45) is 0 Å². The number of nitrogens with zero attached hydrogens (tertiary/aromatic N) is 1. The third-order valence-electron chi connectivity index (χ3n) is 3.06. The lowest BCUT2D eigenvalue weighted by atomic mass is 10.1. The molecule has 5 heteroatoms. The number of benzene rings is 1. The van der Waals surface area contributed by atoms with Gasteiger partial charge in [0.05, 0.1) is 18.2 Å². The molecule has 1 saturated heterocycles. The summed E-state index contributed by atoms with van der Waals surface area (Å²) in [4.78, 5) is 13.7. The van der Waals surface area contributed by atoms with E-state index in [1.807, 2.05) is 0 Å². The molecule has 17 heavy (non-hydrogen) atoms. The molecule has 1 atom stereocenters. The topological polar surface area (TPSA) is 81.0 Å². The highest BCUT2D eigenvalue weighted by molar-refractivity contribution is 5.97. The number of phenols is 2. The number of carbonyl (C=O) groups is 1. The highest BCUT2D eigenvalue weighted by Gasteiger charge is 2.29. The molecular weight excluding hydrogens is 222 g/mol. The van der Waals surface area contributed by atoms with E-state index in [1.165, 1.54) is 12.1 Å². The summed E-state index contributed by atoms with van der Waals surface area (Å²) in [6.45, 7) is 0.523. The van der Waals surface area contributed by atoms with Crippen molar-refractivity contribution in [1.29, 1.82) is 0 Å². The molecule has 1 aromatic carbocycles. The molecule has 3 N–H and O–H groups in total. The Kier molecular flexibility index (Phi) is 3.19. The van der Waals surface area contributed by atoms with Crippen LogP contribution in [0.15, 0.2) is 18.2 Å². The minimum atomic E-state index is -0.306. The molecule has 5 nitrogen and oxygen atoms in total. The molecule has 0 radical (unpaired) electrons. The zero-order valence-corrected chi connectivity index (χ0v) is 9.33. The van der Waals surface area contributed by atoms with Crippen LogP contribution in [0.2, 0.25) is 0 Å². The number of rotatable bonds is 2. The second-order valence-electron chi connectivity index (χ2n) is 4.18. The van der Waals surface area contributed by atoms with E-state index < -0.39 is 0 Å². The van der Waals surface area contributed by atoms with Gasteiger partial charge >= 0.3 is 0 Å². The smallest absolute Gasteiger partial charge is 0.257 e. The predicted molar refractivity (Wildman–Crippen MR) is 60.9 cm³/mol.